The first-order valence-electron chi connectivity index (χ1n) is 9.52. The van der Waals surface area contributed by atoms with Gasteiger partial charge in [-0.3, -0.25) is 9.69 Å². The molecule has 0 aliphatic carbocycles. The molecule has 2 heterocycles. The lowest BCUT2D eigenvalue weighted by molar-refractivity contribution is -0.126. The van der Waals surface area contributed by atoms with Crippen LogP contribution in [0.15, 0.2) is 24.3 Å². The van der Waals surface area contributed by atoms with Crippen LogP contribution >= 0.6 is 0 Å². The Bertz CT molecular complexity index is 730. The zero-order chi connectivity index (χ0) is 19.3. The molecule has 1 amide bonds. The standard InChI is InChI=1S/C19H29N3O4S/c1-27(24,25)22-8-2-3-18(15-22)19(23)20-13-16-4-6-17(7-5-16)14-21-9-11-26-12-10-21/h4-7,18H,2-3,8-15H2,1H3,(H,20,23)/t18-/m0/s1. The van der Waals surface area contributed by atoms with Crippen LogP contribution in [-0.4, -0.2) is 69.2 Å². The summed E-state index contributed by atoms with van der Waals surface area (Å²) < 4.78 is 30.2. The molecule has 2 fully saturated rings. The number of piperidine rings is 1. The maximum Gasteiger partial charge on any atom is 0.224 e. The highest BCUT2D eigenvalue weighted by Crippen LogP contribution is 2.19. The SMILES string of the molecule is CS(=O)(=O)N1CCC[C@H](C(=O)NCc2ccc(CN3CCOCC3)cc2)C1. The number of carbonyl (C=O) groups is 1. The number of sulfonamides is 1. The van der Waals surface area contributed by atoms with Gasteiger partial charge in [0, 0.05) is 39.3 Å². The summed E-state index contributed by atoms with van der Waals surface area (Å²) in [4.78, 5) is 14.8. The molecule has 1 atom stereocenters. The fourth-order valence-corrected chi connectivity index (χ4v) is 4.48. The minimum Gasteiger partial charge on any atom is -0.379 e. The van der Waals surface area contributed by atoms with Crippen LogP contribution in [0.4, 0.5) is 0 Å². The Morgan fingerprint density at radius 3 is 2.48 bits per heavy atom. The van der Waals surface area contributed by atoms with Crippen molar-refractivity contribution < 1.29 is 17.9 Å². The Morgan fingerprint density at radius 2 is 1.81 bits per heavy atom. The van der Waals surface area contributed by atoms with Crippen LogP contribution in [0.5, 0.6) is 0 Å². The van der Waals surface area contributed by atoms with E-state index in [9.17, 15) is 13.2 Å². The summed E-state index contributed by atoms with van der Waals surface area (Å²) in [5, 5.41) is 2.95. The van der Waals surface area contributed by atoms with Crippen molar-refractivity contribution >= 4 is 15.9 Å². The molecule has 7 nitrogen and oxygen atoms in total. The molecular weight excluding hydrogens is 366 g/mol. The van der Waals surface area contributed by atoms with Gasteiger partial charge in [-0.1, -0.05) is 24.3 Å². The van der Waals surface area contributed by atoms with Crippen LogP contribution in [0, 0.1) is 5.92 Å². The molecule has 150 valence electrons. The zero-order valence-electron chi connectivity index (χ0n) is 15.9. The van der Waals surface area contributed by atoms with Gasteiger partial charge in [-0.05, 0) is 24.0 Å². The average molecular weight is 396 g/mol. The maximum absolute atomic E-state index is 12.4. The van der Waals surface area contributed by atoms with Crippen molar-refractivity contribution in [3.63, 3.8) is 0 Å². The third kappa shape index (κ3) is 6.00. The summed E-state index contributed by atoms with van der Waals surface area (Å²) in [6, 6.07) is 8.28. The van der Waals surface area contributed by atoms with E-state index < -0.39 is 10.0 Å². The van der Waals surface area contributed by atoms with Crippen molar-refractivity contribution in [1.29, 1.82) is 0 Å². The number of benzene rings is 1. The molecule has 8 heteroatoms. The Balaban J connectivity index is 1.47. The van der Waals surface area contributed by atoms with Crippen molar-refractivity contribution in [3.8, 4) is 0 Å². The quantitative estimate of drug-likeness (QED) is 0.771. The molecule has 0 radical (unpaired) electrons. The maximum atomic E-state index is 12.4. The van der Waals surface area contributed by atoms with E-state index in [0.29, 0.717) is 13.1 Å². The molecule has 1 aromatic rings. The monoisotopic (exact) mass is 395 g/mol. The summed E-state index contributed by atoms with van der Waals surface area (Å²) in [7, 11) is -3.24. The average Bonchev–Trinajstić information content (AvgIpc) is 2.67. The molecule has 2 aliphatic heterocycles. The molecule has 2 saturated heterocycles. The normalized spacial score (nSPS) is 22.5. The number of nitrogens with one attached hydrogen (secondary N) is 1. The molecule has 1 N–H and O–H groups in total. The molecule has 0 aromatic heterocycles. The molecule has 27 heavy (non-hydrogen) atoms. The van der Waals surface area contributed by atoms with Crippen LogP contribution in [-0.2, 0) is 32.6 Å². The van der Waals surface area contributed by atoms with Gasteiger partial charge in [-0.15, -0.1) is 0 Å². The minimum absolute atomic E-state index is 0.0688. The van der Waals surface area contributed by atoms with E-state index in [1.165, 1.54) is 16.1 Å². The Labute approximate surface area is 161 Å². The van der Waals surface area contributed by atoms with Crippen molar-refractivity contribution in [2.75, 3.05) is 45.6 Å². The van der Waals surface area contributed by atoms with Crippen LogP contribution in [0.2, 0.25) is 0 Å². The van der Waals surface area contributed by atoms with Crippen LogP contribution in [0.3, 0.4) is 0 Å². The van der Waals surface area contributed by atoms with E-state index >= 15 is 0 Å². The lowest BCUT2D eigenvalue weighted by Gasteiger charge is -2.30. The molecule has 2 aliphatic rings. The molecular formula is C19H29N3O4S. The highest BCUT2D eigenvalue weighted by molar-refractivity contribution is 7.88. The van der Waals surface area contributed by atoms with Crippen molar-refractivity contribution in [1.82, 2.24) is 14.5 Å². The summed E-state index contributed by atoms with van der Waals surface area (Å²) in [6.07, 6.45) is 2.66. The van der Waals surface area contributed by atoms with Gasteiger partial charge in [0.2, 0.25) is 15.9 Å². The van der Waals surface area contributed by atoms with Gasteiger partial charge < -0.3 is 10.1 Å². The minimum atomic E-state index is -3.24. The number of ether oxygens (including phenoxy) is 1. The summed E-state index contributed by atoms with van der Waals surface area (Å²) in [5.74, 6) is -0.338. The number of carbonyl (C=O) groups excluding carboxylic acids is 1. The number of rotatable bonds is 6. The zero-order valence-corrected chi connectivity index (χ0v) is 16.7. The topological polar surface area (TPSA) is 79.0 Å². The second-order valence-corrected chi connectivity index (χ2v) is 9.37. The number of nitrogens with zero attached hydrogens (tertiary/aromatic N) is 2. The van der Waals surface area contributed by atoms with Gasteiger partial charge in [0.25, 0.3) is 0 Å². The van der Waals surface area contributed by atoms with Gasteiger partial charge >= 0.3 is 0 Å². The van der Waals surface area contributed by atoms with Crippen molar-refractivity contribution in [2.24, 2.45) is 5.92 Å². The predicted molar refractivity (Wildman–Crippen MR) is 104 cm³/mol. The second-order valence-electron chi connectivity index (χ2n) is 7.38. The van der Waals surface area contributed by atoms with Crippen LogP contribution in [0.25, 0.3) is 0 Å². The van der Waals surface area contributed by atoms with Crippen LogP contribution in [0.1, 0.15) is 24.0 Å². The first-order chi connectivity index (χ1) is 12.9. The van der Waals surface area contributed by atoms with E-state index in [1.54, 1.807) is 0 Å². The van der Waals surface area contributed by atoms with E-state index in [1.807, 2.05) is 12.1 Å². The molecule has 0 bridgehead atoms. The fourth-order valence-electron chi connectivity index (χ4n) is 3.57. The van der Waals surface area contributed by atoms with E-state index in [0.717, 1.165) is 51.3 Å². The molecule has 0 spiro atoms. The van der Waals surface area contributed by atoms with Gasteiger partial charge in [-0.25, -0.2) is 12.7 Å². The Kier molecular flexibility index (Phi) is 6.86. The lowest BCUT2D eigenvalue weighted by Crippen LogP contribution is -2.44. The van der Waals surface area contributed by atoms with Gasteiger partial charge in [-0.2, -0.15) is 0 Å². The van der Waals surface area contributed by atoms with Crippen LogP contribution < -0.4 is 5.32 Å². The second kappa shape index (κ2) is 9.14. The van der Waals surface area contributed by atoms with E-state index in [2.05, 4.69) is 22.3 Å². The molecule has 1 aromatic carbocycles. The third-order valence-corrected chi connectivity index (χ3v) is 6.49. The summed E-state index contributed by atoms with van der Waals surface area (Å²) in [5.41, 5.74) is 2.30. The molecule has 0 saturated carbocycles. The van der Waals surface area contributed by atoms with E-state index in [-0.39, 0.29) is 18.4 Å². The molecule has 3 rings (SSSR count). The Morgan fingerprint density at radius 1 is 1.15 bits per heavy atom. The summed E-state index contributed by atoms with van der Waals surface area (Å²) >= 11 is 0. The van der Waals surface area contributed by atoms with Crippen molar-refractivity contribution in [2.45, 2.75) is 25.9 Å². The third-order valence-electron chi connectivity index (χ3n) is 5.22. The smallest absolute Gasteiger partial charge is 0.224 e. The summed E-state index contributed by atoms with van der Waals surface area (Å²) in [6.45, 7) is 5.68. The number of amides is 1. The fraction of sp³-hybridized carbons (Fsp3) is 0.632. The van der Waals surface area contributed by atoms with Crippen molar-refractivity contribution in [3.05, 3.63) is 35.4 Å². The highest BCUT2D eigenvalue weighted by Gasteiger charge is 2.29. The lowest BCUT2D eigenvalue weighted by atomic mass is 9.98. The largest absolute Gasteiger partial charge is 0.379 e. The number of morpholine rings is 1. The predicted octanol–water partition coefficient (Wildman–Crippen LogP) is 0.807. The molecule has 0 unspecified atom stereocenters. The highest BCUT2D eigenvalue weighted by atomic mass is 32.2. The first-order valence-corrected chi connectivity index (χ1v) is 11.4. The first kappa shape index (κ1) is 20.3. The van der Waals surface area contributed by atoms with E-state index in [4.69, 9.17) is 4.74 Å². The van der Waals surface area contributed by atoms with Gasteiger partial charge in [0.05, 0.1) is 25.4 Å². The van der Waals surface area contributed by atoms with Gasteiger partial charge in [0.15, 0.2) is 0 Å². The Hall–Kier alpha value is -1.48. The number of hydrogen-bond acceptors (Lipinski definition) is 5. The van der Waals surface area contributed by atoms with Gasteiger partial charge in [0.1, 0.15) is 0 Å². The number of hydrogen-bond donors (Lipinski definition) is 1.